The molecule has 0 aromatic heterocycles. The van der Waals surface area contributed by atoms with Crippen molar-refractivity contribution in [3.63, 3.8) is 0 Å². The molecule has 0 saturated carbocycles. The molecular weight excluding hydrogens is 247 g/mol. The molecule has 0 aliphatic heterocycles. The number of halogens is 1. The Morgan fingerprint density at radius 2 is 2.16 bits per heavy atom. The lowest BCUT2D eigenvalue weighted by Gasteiger charge is -2.16. The first-order valence-corrected chi connectivity index (χ1v) is 6.31. The average molecular weight is 268 g/mol. The molecule has 1 amide bonds. The SMILES string of the molecule is CCC(N)Cc1cc(F)ccc1OCC(=O)N(C)C. The Hall–Kier alpha value is -1.62. The van der Waals surface area contributed by atoms with E-state index in [4.69, 9.17) is 10.5 Å². The van der Waals surface area contributed by atoms with Crippen molar-refractivity contribution in [3.8, 4) is 5.75 Å². The molecular formula is C14H21FN2O2. The Bertz CT molecular complexity index is 435. The molecule has 106 valence electrons. The van der Waals surface area contributed by atoms with Crippen LogP contribution in [0.5, 0.6) is 5.75 Å². The number of rotatable bonds is 6. The van der Waals surface area contributed by atoms with E-state index < -0.39 is 0 Å². The Balaban J connectivity index is 2.78. The molecule has 1 unspecified atom stereocenters. The monoisotopic (exact) mass is 268 g/mol. The van der Waals surface area contributed by atoms with Crippen LogP contribution < -0.4 is 10.5 Å². The van der Waals surface area contributed by atoms with Crippen molar-refractivity contribution in [1.82, 2.24) is 4.90 Å². The molecule has 0 aliphatic rings. The van der Waals surface area contributed by atoms with Crippen molar-refractivity contribution in [2.24, 2.45) is 5.73 Å². The summed E-state index contributed by atoms with van der Waals surface area (Å²) in [5.74, 6) is 0.0418. The predicted octanol–water partition coefficient (Wildman–Crippen LogP) is 1.57. The molecule has 2 N–H and O–H groups in total. The van der Waals surface area contributed by atoms with Crippen LogP contribution in [0, 0.1) is 5.82 Å². The topological polar surface area (TPSA) is 55.6 Å². The minimum Gasteiger partial charge on any atom is -0.483 e. The first kappa shape index (κ1) is 15.4. The van der Waals surface area contributed by atoms with Crippen LogP contribution in [0.3, 0.4) is 0 Å². The number of nitrogens with two attached hydrogens (primary N) is 1. The molecule has 0 bridgehead atoms. The van der Waals surface area contributed by atoms with Crippen molar-refractivity contribution in [3.05, 3.63) is 29.6 Å². The number of hydrogen-bond donors (Lipinski definition) is 1. The second-order valence-electron chi connectivity index (χ2n) is 4.70. The Kier molecular flexibility index (Phi) is 5.76. The van der Waals surface area contributed by atoms with Crippen LogP contribution in [0.2, 0.25) is 0 Å². The highest BCUT2D eigenvalue weighted by Crippen LogP contribution is 2.21. The molecule has 1 atom stereocenters. The number of ether oxygens (including phenoxy) is 1. The Labute approximate surface area is 113 Å². The van der Waals surface area contributed by atoms with Crippen LogP contribution >= 0.6 is 0 Å². The van der Waals surface area contributed by atoms with Gasteiger partial charge in [0.25, 0.3) is 5.91 Å². The van der Waals surface area contributed by atoms with Crippen LogP contribution in [0.15, 0.2) is 18.2 Å². The molecule has 1 aromatic carbocycles. The van der Waals surface area contributed by atoms with Gasteiger partial charge in [-0.15, -0.1) is 0 Å². The van der Waals surface area contributed by atoms with Crippen LogP contribution in [0.4, 0.5) is 4.39 Å². The lowest BCUT2D eigenvalue weighted by atomic mass is 10.0. The van der Waals surface area contributed by atoms with Gasteiger partial charge in [0.15, 0.2) is 6.61 Å². The first-order chi connectivity index (χ1) is 8.93. The van der Waals surface area contributed by atoms with Gasteiger partial charge in [-0.2, -0.15) is 0 Å². The van der Waals surface area contributed by atoms with Crippen molar-refractivity contribution in [1.29, 1.82) is 0 Å². The summed E-state index contributed by atoms with van der Waals surface area (Å²) in [6.45, 7) is 1.91. The first-order valence-electron chi connectivity index (χ1n) is 6.31. The summed E-state index contributed by atoms with van der Waals surface area (Å²) in [4.78, 5) is 12.9. The molecule has 0 fully saturated rings. The van der Waals surface area contributed by atoms with Crippen molar-refractivity contribution < 1.29 is 13.9 Å². The maximum absolute atomic E-state index is 13.3. The van der Waals surface area contributed by atoms with Gasteiger partial charge in [-0.25, -0.2) is 4.39 Å². The van der Waals surface area contributed by atoms with Gasteiger partial charge >= 0.3 is 0 Å². The van der Waals surface area contributed by atoms with Crippen LogP contribution in [-0.4, -0.2) is 37.6 Å². The number of benzene rings is 1. The number of nitrogens with zero attached hydrogens (tertiary/aromatic N) is 1. The molecule has 4 nitrogen and oxygen atoms in total. The number of likely N-dealkylation sites (N-methyl/N-ethyl adjacent to an activating group) is 1. The molecule has 1 aromatic rings. The zero-order valence-electron chi connectivity index (χ0n) is 11.6. The summed E-state index contributed by atoms with van der Waals surface area (Å²) < 4.78 is 18.7. The second-order valence-corrected chi connectivity index (χ2v) is 4.70. The van der Waals surface area contributed by atoms with Gasteiger partial charge in [-0.3, -0.25) is 4.79 Å². The number of amides is 1. The molecule has 19 heavy (non-hydrogen) atoms. The fourth-order valence-electron chi connectivity index (χ4n) is 1.54. The third-order valence-corrected chi connectivity index (χ3v) is 2.88. The van der Waals surface area contributed by atoms with Crippen molar-refractivity contribution in [2.75, 3.05) is 20.7 Å². The zero-order valence-corrected chi connectivity index (χ0v) is 11.6. The highest BCUT2D eigenvalue weighted by atomic mass is 19.1. The van der Waals surface area contributed by atoms with E-state index in [9.17, 15) is 9.18 Å². The lowest BCUT2D eigenvalue weighted by molar-refractivity contribution is -0.130. The van der Waals surface area contributed by atoms with Gasteiger partial charge in [0.05, 0.1) is 0 Å². The summed E-state index contributed by atoms with van der Waals surface area (Å²) in [6.07, 6.45) is 1.33. The average Bonchev–Trinajstić information content (AvgIpc) is 2.37. The molecule has 0 spiro atoms. The third-order valence-electron chi connectivity index (χ3n) is 2.88. The summed E-state index contributed by atoms with van der Waals surface area (Å²) in [6, 6.07) is 4.21. The van der Waals surface area contributed by atoms with E-state index in [0.29, 0.717) is 17.7 Å². The predicted molar refractivity (Wildman–Crippen MR) is 72.6 cm³/mol. The highest BCUT2D eigenvalue weighted by Gasteiger charge is 2.11. The van der Waals surface area contributed by atoms with Gasteiger partial charge < -0.3 is 15.4 Å². The van der Waals surface area contributed by atoms with Gasteiger partial charge in [-0.1, -0.05) is 6.92 Å². The minimum absolute atomic E-state index is 0.0475. The molecule has 0 aliphatic carbocycles. The van der Waals surface area contributed by atoms with E-state index in [1.807, 2.05) is 6.92 Å². The summed E-state index contributed by atoms with van der Waals surface area (Å²) in [7, 11) is 3.31. The summed E-state index contributed by atoms with van der Waals surface area (Å²) in [5.41, 5.74) is 6.57. The van der Waals surface area contributed by atoms with E-state index >= 15 is 0 Å². The molecule has 0 saturated heterocycles. The summed E-state index contributed by atoms with van der Waals surface area (Å²) >= 11 is 0. The lowest BCUT2D eigenvalue weighted by Crippen LogP contribution is -2.28. The fourth-order valence-corrected chi connectivity index (χ4v) is 1.54. The molecule has 0 radical (unpaired) electrons. The Morgan fingerprint density at radius 1 is 1.47 bits per heavy atom. The van der Waals surface area contributed by atoms with Crippen LogP contribution in [-0.2, 0) is 11.2 Å². The maximum atomic E-state index is 13.3. The van der Waals surface area contributed by atoms with Crippen molar-refractivity contribution >= 4 is 5.91 Å². The van der Waals surface area contributed by atoms with E-state index in [0.717, 1.165) is 6.42 Å². The molecule has 1 rings (SSSR count). The van der Waals surface area contributed by atoms with Gasteiger partial charge in [-0.05, 0) is 36.6 Å². The summed E-state index contributed by atoms with van der Waals surface area (Å²) in [5, 5.41) is 0. The van der Waals surface area contributed by atoms with E-state index in [-0.39, 0.29) is 24.4 Å². The maximum Gasteiger partial charge on any atom is 0.259 e. The second kappa shape index (κ2) is 7.09. The molecule has 0 heterocycles. The smallest absolute Gasteiger partial charge is 0.259 e. The van der Waals surface area contributed by atoms with Gasteiger partial charge in [0.1, 0.15) is 11.6 Å². The number of carbonyl (C=O) groups is 1. The zero-order chi connectivity index (χ0) is 14.4. The van der Waals surface area contributed by atoms with Gasteiger partial charge in [0, 0.05) is 20.1 Å². The number of carbonyl (C=O) groups excluding carboxylic acids is 1. The van der Waals surface area contributed by atoms with Crippen LogP contribution in [0.25, 0.3) is 0 Å². The standard InChI is InChI=1S/C14H21FN2O2/c1-4-12(16)8-10-7-11(15)5-6-13(10)19-9-14(18)17(2)3/h5-7,12H,4,8-9,16H2,1-3H3. The van der Waals surface area contributed by atoms with E-state index in [1.54, 1.807) is 14.1 Å². The highest BCUT2D eigenvalue weighted by molar-refractivity contribution is 5.77. The van der Waals surface area contributed by atoms with E-state index in [2.05, 4.69) is 0 Å². The van der Waals surface area contributed by atoms with Crippen molar-refractivity contribution in [2.45, 2.75) is 25.8 Å². The largest absolute Gasteiger partial charge is 0.483 e. The number of hydrogen-bond acceptors (Lipinski definition) is 3. The molecule has 5 heteroatoms. The van der Waals surface area contributed by atoms with Crippen LogP contribution in [0.1, 0.15) is 18.9 Å². The Morgan fingerprint density at radius 3 is 2.74 bits per heavy atom. The third kappa shape index (κ3) is 4.87. The quantitative estimate of drug-likeness (QED) is 0.852. The normalized spacial score (nSPS) is 12.1. The fraction of sp³-hybridized carbons (Fsp3) is 0.500. The van der Waals surface area contributed by atoms with E-state index in [1.165, 1.54) is 23.1 Å². The minimum atomic E-state index is -0.329. The van der Waals surface area contributed by atoms with Gasteiger partial charge in [0.2, 0.25) is 0 Å².